The first-order chi connectivity index (χ1) is 14.0. The summed E-state index contributed by atoms with van der Waals surface area (Å²) in [6, 6.07) is 14.9. The number of amides is 1. The van der Waals surface area contributed by atoms with Gasteiger partial charge in [-0.25, -0.2) is 4.79 Å². The Morgan fingerprint density at radius 1 is 1.10 bits per heavy atom. The topological polar surface area (TPSA) is 69.0 Å². The normalized spacial score (nSPS) is 10.7. The van der Waals surface area contributed by atoms with Gasteiger partial charge in [0.1, 0.15) is 23.7 Å². The van der Waals surface area contributed by atoms with Gasteiger partial charge in [-0.1, -0.05) is 18.2 Å². The number of aryl methyl sites for hydroxylation is 1. The van der Waals surface area contributed by atoms with Gasteiger partial charge in [-0.2, -0.15) is 0 Å². The Balaban J connectivity index is 1.60. The molecule has 1 aromatic heterocycles. The summed E-state index contributed by atoms with van der Waals surface area (Å²) in [4.78, 5) is 26.5. The maximum absolute atomic E-state index is 12.4. The molecule has 0 saturated heterocycles. The Hall–Kier alpha value is -3.28. The van der Waals surface area contributed by atoms with Gasteiger partial charge in [0.05, 0.1) is 13.7 Å². The van der Waals surface area contributed by atoms with Gasteiger partial charge in [-0.3, -0.25) is 4.79 Å². The number of carbonyl (C=O) groups is 1. The van der Waals surface area contributed by atoms with Crippen molar-refractivity contribution in [3.05, 3.63) is 70.1 Å². The van der Waals surface area contributed by atoms with Crippen molar-refractivity contribution in [3.63, 3.8) is 0 Å². The van der Waals surface area contributed by atoms with E-state index in [1.54, 1.807) is 25.1 Å². The van der Waals surface area contributed by atoms with Crippen LogP contribution in [-0.4, -0.2) is 38.1 Å². The van der Waals surface area contributed by atoms with Gasteiger partial charge in [0, 0.05) is 30.5 Å². The summed E-state index contributed by atoms with van der Waals surface area (Å²) in [7, 11) is 3.30. The molecule has 0 unspecified atom stereocenters. The first kappa shape index (κ1) is 20.5. The number of rotatable bonds is 8. The van der Waals surface area contributed by atoms with Gasteiger partial charge in [-0.05, 0) is 43.2 Å². The maximum Gasteiger partial charge on any atom is 0.339 e. The summed E-state index contributed by atoms with van der Waals surface area (Å²) in [5.74, 6) is 1.35. The Kier molecular flexibility index (Phi) is 6.54. The molecule has 3 rings (SSSR count). The van der Waals surface area contributed by atoms with E-state index in [4.69, 9.17) is 13.9 Å². The van der Waals surface area contributed by atoms with Crippen LogP contribution in [0.1, 0.15) is 17.5 Å². The number of para-hydroxylation sites is 1. The smallest absolute Gasteiger partial charge is 0.339 e. The highest BCUT2D eigenvalue weighted by molar-refractivity contribution is 5.82. The first-order valence-corrected chi connectivity index (χ1v) is 9.51. The summed E-state index contributed by atoms with van der Waals surface area (Å²) in [6.45, 7) is 2.76. The zero-order valence-electron chi connectivity index (χ0n) is 16.9. The molecule has 29 heavy (non-hydrogen) atoms. The fraction of sp³-hybridized carbons (Fsp3) is 0.304. The van der Waals surface area contributed by atoms with Crippen molar-refractivity contribution in [1.82, 2.24) is 4.90 Å². The summed E-state index contributed by atoms with van der Waals surface area (Å²) < 4.78 is 16.2. The zero-order valence-corrected chi connectivity index (χ0v) is 16.9. The molecule has 1 amide bonds. The lowest BCUT2D eigenvalue weighted by atomic mass is 10.0. The maximum atomic E-state index is 12.4. The molecular weight excluding hydrogens is 370 g/mol. The summed E-state index contributed by atoms with van der Waals surface area (Å²) >= 11 is 0. The Morgan fingerprint density at radius 3 is 2.59 bits per heavy atom. The van der Waals surface area contributed by atoms with Gasteiger partial charge in [-0.15, -0.1) is 0 Å². The van der Waals surface area contributed by atoms with Gasteiger partial charge in [0.25, 0.3) is 0 Å². The molecule has 0 radical (unpaired) electrons. The Labute approximate surface area is 169 Å². The average molecular weight is 395 g/mol. The van der Waals surface area contributed by atoms with Gasteiger partial charge < -0.3 is 18.8 Å². The van der Waals surface area contributed by atoms with Crippen LogP contribution in [0.2, 0.25) is 0 Å². The molecule has 6 nitrogen and oxygen atoms in total. The number of hydrogen-bond donors (Lipinski definition) is 0. The van der Waals surface area contributed by atoms with Crippen molar-refractivity contribution in [2.75, 3.05) is 27.3 Å². The van der Waals surface area contributed by atoms with Crippen molar-refractivity contribution in [1.29, 1.82) is 0 Å². The van der Waals surface area contributed by atoms with Crippen LogP contribution < -0.4 is 15.1 Å². The minimum Gasteiger partial charge on any atom is -0.497 e. The SMILES string of the molecule is COc1ccc2c(C)c(CCC(=O)N(C)CCOc3ccccc3)c(=O)oc2c1. The van der Waals surface area contributed by atoms with Crippen LogP contribution in [0.3, 0.4) is 0 Å². The Bertz CT molecular complexity index is 1040. The molecule has 1 heterocycles. The summed E-state index contributed by atoms with van der Waals surface area (Å²) in [6.07, 6.45) is 0.563. The molecule has 0 N–H and O–H groups in total. The van der Waals surface area contributed by atoms with E-state index in [0.717, 1.165) is 16.7 Å². The van der Waals surface area contributed by atoms with E-state index in [1.165, 1.54) is 0 Å². The molecule has 0 fully saturated rings. The molecule has 3 aromatic rings. The minimum absolute atomic E-state index is 0.0460. The number of ether oxygens (including phenoxy) is 2. The van der Waals surface area contributed by atoms with Crippen LogP contribution in [0, 0.1) is 6.92 Å². The quantitative estimate of drug-likeness (QED) is 0.545. The molecule has 0 aliphatic rings. The highest BCUT2D eigenvalue weighted by Crippen LogP contribution is 2.24. The van der Waals surface area contributed by atoms with Gasteiger partial charge >= 0.3 is 5.63 Å². The molecule has 0 atom stereocenters. The Morgan fingerprint density at radius 2 is 1.86 bits per heavy atom. The van der Waals surface area contributed by atoms with Crippen molar-refractivity contribution < 1.29 is 18.7 Å². The van der Waals surface area contributed by atoms with Gasteiger partial charge in [0.2, 0.25) is 5.91 Å². The molecule has 0 saturated carbocycles. The van der Waals surface area contributed by atoms with Crippen LogP contribution in [0.25, 0.3) is 11.0 Å². The molecule has 0 aliphatic heterocycles. The number of carbonyl (C=O) groups excluding carboxylic acids is 1. The van der Waals surface area contributed by atoms with E-state index in [-0.39, 0.29) is 12.3 Å². The van der Waals surface area contributed by atoms with E-state index < -0.39 is 5.63 Å². The van der Waals surface area contributed by atoms with E-state index in [2.05, 4.69) is 0 Å². The van der Waals surface area contributed by atoms with Crippen molar-refractivity contribution in [2.45, 2.75) is 19.8 Å². The number of benzene rings is 2. The lowest BCUT2D eigenvalue weighted by Crippen LogP contribution is -2.31. The summed E-state index contributed by atoms with van der Waals surface area (Å²) in [5, 5.41) is 0.845. The fourth-order valence-corrected chi connectivity index (χ4v) is 3.16. The van der Waals surface area contributed by atoms with Crippen molar-refractivity contribution >= 4 is 16.9 Å². The second-order valence-electron chi connectivity index (χ2n) is 6.83. The highest BCUT2D eigenvalue weighted by Gasteiger charge is 2.15. The van der Waals surface area contributed by atoms with E-state index >= 15 is 0 Å². The predicted molar refractivity (Wildman–Crippen MR) is 112 cm³/mol. The van der Waals surface area contributed by atoms with E-state index in [0.29, 0.717) is 36.5 Å². The lowest BCUT2D eigenvalue weighted by molar-refractivity contribution is -0.130. The lowest BCUT2D eigenvalue weighted by Gasteiger charge is -2.17. The monoisotopic (exact) mass is 395 g/mol. The molecular formula is C23H25NO5. The minimum atomic E-state index is -0.411. The third-order valence-corrected chi connectivity index (χ3v) is 4.95. The third kappa shape index (κ3) is 4.96. The number of nitrogens with zero attached hydrogens (tertiary/aromatic N) is 1. The highest BCUT2D eigenvalue weighted by atomic mass is 16.5. The van der Waals surface area contributed by atoms with Crippen LogP contribution >= 0.6 is 0 Å². The molecule has 2 aromatic carbocycles. The molecule has 6 heteroatoms. The average Bonchev–Trinajstić information content (AvgIpc) is 2.73. The number of methoxy groups -OCH3 is 1. The van der Waals surface area contributed by atoms with Crippen LogP contribution in [0.15, 0.2) is 57.7 Å². The van der Waals surface area contributed by atoms with Crippen molar-refractivity contribution in [3.8, 4) is 11.5 Å². The second kappa shape index (κ2) is 9.28. The first-order valence-electron chi connectivity index (χ1n) is 9.51. The van der Waals surface area contributed by atoms with Crippen molar-refractivity contribution in [2.24, 2.45) is 0 Å². The molecule has 152 valence electrons. The summed E-state index contributed by atoms with van der Waals surface area (Å²) in [5.41, 5.74) is 1.44. The number of fused-ring (bicyclic) bond motifs is 1. The molecule has 0 aliphatic carbocycles. The molecule has 0 bridgehead atoms. The van der Waals surface area contributed by atoms with Crippen LogP contribution in [0.4, 0.5) is 0 Å². The van der Waals surface area contributed by atoms with Crippen LogP contribution in [0.5, 0.6) is 11.5 Å². The number of hydrogen-bond acceptors (Lipinski definition) is 5. The van der Waals surface area contributed by atoms with Crippen LogP contribution in [-0.2, 0) is 11.2 Å². The zero-order chi connectivity index (χ0) is 20.8. The fourth-order valence-electron chi connectivity index (χ4n) is 3.16. The second-order valence-corrected chi connectivity index (χ2v) is 6.83. The number of likely N-dealkylation sites (N-methyl/N-ethyl adjacent to an activating group) is 1. The third-order valence-electron chi connectivity index (χ3n) is 4.95. The van der Waals surface area contributed by atoms with E-state index in [1.807, 2.05) is 49.4 Å². The standard InChI is InChI=1S/C23H25NO5/c1-16-19-10-9-18(27-3)15-21(19)29-23(26)20(16)11-12-22(25)24(2)13-14-28-17-7-5-4-6-8-17/h4-10,15H,11-14H2,1-3H3. The molecule has 0 spiro atoms. The van der Waals surface area contributed by atoms with E-state index in [9.17, 15) is 9.59 Å². The van der Waals surface area contributed by atoms with Gasteiger partial charge in [0.15, 0.2) is 0 Å². The predicted octanol–water partition coefficient (Wildman–Crippen LogP) is 3.58. The largest absolute Gasteiger partial charge is 0.497 e.